The Bertz CT molecular complexity index is 878. The minimum atomic E-state index is -3.86. The largest absolute Gasteiger partial charge is 3.00 e. The molecule has 31 heavy (non-hydrogen) atoms. The summed E-state index contributed by atoms with van der Waals surface area (Å²) in [6, 6.07) is 6.25. The Hall–Kier alpha value is -2.02. The number of carbonyl (C=O) groups excluding carboxylic acids is 1. The summed E-state index contributed by atoms with van der Waals surface area (Å²) in [4.78, 5) is 34.8. The van der Waals surface area contributed by atoms with E-state index in [2.05, 4.69) is 4.72 Å². The molecular weight excluding hydrogens is 473 g/mol. The number of carboxylic acid groups (broad SMARTS) is 2. The maximum Gasteiger partial charge on any atom is 3.00 e. The fourth-order valence-electron chi connectivity index (χ4n) is 2.96. The summed E-state index contributed by atoms with van der Waals surface area (Å²) < 4.78 is 33.4. The number of nitrogens with zero attached hydrogens (tertiary/aromatic N) is 3. The van der Waals surface area contributed by atoms with Gasteiger partial charge in [-0.2, -0.15) is 0 Å². The summed E-state index contributed by atoms with van der Waals surface area (Å²) in [5.41, 5.74) is 0.910. The number of quaternary nitrogens is 1. The second kappa shape index (κ2) is 11.6. The first-order valence-electron chi connectivity index (χ1n) is 9.07. The van der Waals surface area contributed by atoms with Crippen molar-refractivity contribution in [1.82, 2.24) is 4.90 Å². The van der Waals surface area contributed by atoms with E-state index in [-0.39, 0.29) is 59.2 Å². The van der Waals surface area contributed by atoms with Crippen LogP contribution < -0.4 is 0 Å². The minimum Gasteiger partial charge on any atom is -0.577 e. The molecule has 1 aliphatic rings. The summed E-state index contributed by atoms with van der Waals surface area (Å²) in [6.45, 7) is 2.26. The zero-order valence-electron chi connectivity index (χ0n) is 16.8. The van der Waals surface area contributed by atoms with Crippen LogP contribution in [0.3, 0.4) is 0 Å². The van der Waals surface area contributed by atoms with Gasteiger partial charge < -0.3 is 24.2 Å². The quantitative estimate of drug-likeness (QED) is 0.176. The second-order valence-corrected chi connectivity index (χ2v) is 8.74. The number of cyclic esters (lactones) is 1. The number of benzene rings is 1. The predicted octanol–water partition coefficient (Wildman–Crippen LogP) is 0.0190. The summed E-state index contributed by atoms with van der Waals surface area (Å²) in [5, 5.41) is 17.9. The van der Waals surface area contributed by atoms with E-state index < -0.39 is 41.0 Å². The van der Waals surface area contributed by atoms with Crippen molar-refractivity contribution in [3.05, 3.63) is 41.3 Å². The van der Waals surface area contributed by atoms with Crippen LogP contribution in [0.1, 0.15) is 5.56 Å². The third-order valence-corrected chi connectivity index (χ3v) is 5.95. The van der Waals surface area contributed by atoms with Gasteiger partial charge in [-0.05, 0) is 19.1 Å². The molecule has 0 saturated carbocycles. The molecular formula is C18H24MnN3O8S+2. The minimum absolute atomic E-state index is 0. The van der Waals surface area contributed by atoms with E-state index in [9.17, 15) is 22.8 Å². The maximum absolute atomic E-state index is 12.4. The van der Waals surface area contributed by atoms with Crippen LogP contribution in [-0.4, -0.2) is 91.7 Å². The number of aliphatic carboxylic acids is 2. The topological polar surface area (TPSA) is 152 Å². The van der Waals surface area contributed by atoms with Crippen molar-refractivity contribution in [2.24, 2.45) is 0 Å². The van der Waals surface area contributed by atoms with Gasteiger partial charge in [0.2, 0.25) is 0 Å². The van der Waals surface area contributed by atoms with Crippen molar-refractivity contribution in [1.29, 1.82) is 0 Å². The third-order valence-electron chi connectivity index (χ3n) is 4.56. The fraction of sp³-hybridized carbons (Fsp3) is 0.444. The first-order valence-corrected chi connectivity index (χ1v) is 10.5. The van der Waals surface area contributed by atoms with E-state index in [1.807, 2.05) is 6.92 Å². The third kappa shape index (κ3) is 8.56. The molecule has 2 N–H and O–H groups in total. The Kier molecular flexibility index (Phi) is 10.1. The van der Waals surface area contributed by atoms with Crippen molar-refractivity contribution in [3.8, 4) is 0 Å². The predicted molar refractivity (Wildman–Crippen MR) is 104 cm³/mol. The summed E-state index contributed by atoms with van der Waals surface area (Å²) in [5.74, 6) is -2.88. The number of carboxylic acids is 2. The van der Waals surface area contributed by atoms with Gasteiger partial charge in [0.15, 0.2) is 6.54 Å². The monoisotopic (exact) mass is 497 g/mol. The van der Waals surface area contributed by atoms with Gasteiger partial charge in [-0.15, -0.1) is 0 Å². The zero-order chi connectivity index (χ0) is 22.4. The van der Waals surface area contributed by atoms with Crippen LogP contribution in [-0.2, 0) is 46.2 Å². The van der Waals surface area contributed by atoms with E-state index in [4.69, 9.17) is 14.9 Å². The number of hydrogen-bond acceptors (Lipinski definition) is 7. The molecule has 0 radical (unpaired) electrons. The maximum atomic E-state index is 12.4. The molecule has 0 aliphatic carbocycles. The van der Waals surface area contributed by atoms with Gasteiger partial charge in [0.1, 0.15) is 10.0 Å². The zero-order valence-corrected chi connectivity index (χ0v) is 18.8. The standard InChI is InChI=1S/C18H24N3O8S.Mn/c1-14-2-4-15(5-3-14)30(27,28)19-6-8-21(12-18(26)29-13-21)9-7-20(10-16(22)23)11-17(24)25;/h2-5,13H,6-12H2,1H3,(H,22,23)(H,24,25);/q-1;+3. The smallest absolute Gasteiger partial charge is 0.577 e. The van der Waals surface area contributed by atoms with Gasteiger partial charge in [-0.1, -0.05) is 24.2 Å². The molecule has 1 atom stereocenters. The number of sulfonamides is 1. The Morgan fingerprint density at radius 3 is 2.23 bits per heavy atom. The fourth-order valence-corrected chi connectivity index (χ4v) is 3.91. The summed E-state index contributed by atoms with van der Waals surface area (Å²) in [7, 11) is -3.86. The van der Waals surface area contributed by atoms with Crippen LogP contribution in [0.15, 0.2) is 29.2 Å². The Labute approximate surface area is 191 Å². The molecule has 1 fully saturated rings. The second-order valence-electron chi connectivity index (χ2n) is 7.06. The van der Waals surface area contributed by atoms with Crippen molar-refractivity contribution in [2.45, 2.75) is 11.8 Å². The molecule has 1 unspecified atom stereocenters. The van der Waals surface area contributed by atoms with Crippen LogP contribution in [0.4, 0.5) is 0 Å². The van der Waals surface area contributed by atoms with Gasteiger partial charge in [0, 0.05) is 24.7 Å². The van der Waals surface area contributed by atoms with E-state index in [1.165, 1.54) is 23.8 Å². The average Bonchev–Trinajstić information content (AvgIpc) is 3.00. The van der Waals surface area contributed by atoms with Crippen molar-refractivity contribution >= 4 is 27.9 Å². The van der Waals surface area contributed by atoms with Crippen LogP contribution >= 0.6 is 0 Å². The number of ether oxygens (including phenoxy) is 1. The molecule has 1 aromatic rings. The molecule has 1 aromatic carbocycles. The Balaban J connectivity index is 0.00000480. The number of carbonyl (C=O) groups is 3. The van der Waals surface area contributed by atoms with E-state index in [1.54, 1.807) is 12.1 Å². The number of esters is 1. The first-order chi connectivity index (χ1) is 14.0. The van der Waals surface area contributed by atoms with Gasteiger partial charge in [0.25, 0.3) is 0 Å². The summed E-state index contributed by atoms with van der Waals surface area (Å²) in [6.07, 6.45) is 0. The SMILES string of the molecule is Cc1ccc(S(=O)(=O)[N-]CC[N+]2(CCN(CC(=O)O)CC(=O)O)[CH-]OC(=O)C2)cc1.[Mn+3]. The molecule has 13 heteroatoms. The average molecular weight is 497 g/mol. The molecule has 170 valence electrons. The summed E-state index contributed by atoms with van der Waals surface area (Å²) >= 11 is 0. The van der Waals surface area contributed by atoms with Crippen molar-refractivity contribution in [3.63, 3.8) is 0 Å². The Morgan fingerprint density at radius 1 is 1.16 bits per heavy atom. The normalized spacial score (nSPS) is 18.5. The molecule has 2 rings (SSSR count). The van der Waals surface area contributed by atoms with Crippen LogP contribution in [0.2, 0.25) is 0 Å². The van der Waals surface area contributed by atoms with Gasteiger partial charge in [0.05, 0.1) is 19.6 Å². The first kappa shape index (κ1) is 27.0. The van der Waals surface area contributed by atoms with Gasteiger partial charge in [-0.3, -0.25) is 14.5 Å². The van der Waals surface area contributed by atoms with E-state index in [0.717, 1.165) is 5.56 Å². The molecule has 1 saturated heterocycles. The van der Waals surface area contributed by atoms with Gasteiger partial charge >= 0.3 is 35.0 Å². The van der Waals surface area contributed by atoms with Gasteiger partial charge in [-0.25, -0.2) is 13.2 Å². The molecule has 11 nitrogen and oxygen atoms in total. The molecule has 0 aromatic heterocycles. The molecule has 0 amide bonds. The molecule has 0 bridgehead atoms. The van der Waals surface area contributed by atoms with Crippen molar-refractivity contribution in [2.75, 3.05) is 45.8 Å². The molecule has 1 heterocycles. The van der Waals surface area contributed by atoms with Crippen molar-refractivity contribution < 1.29 is 59.3 Å². The van der Waals surface area contributed by atoms with Crippen LogP contribution in [0.25, 0.3) is 4.72 Å². The molecule has 1 aliphatic heterocycles. The Morgan fingerprint density at radius 2 is 1.74 bits per heavy atom. The number of aryl methyl sites for hydroxylation is 1. The van der Waals surface area contributed by atoms with E-state index in [0.29, 0.717) is 0 Å². The molecule has 0 spiro atoms. The van der Waals surface area contributed by atoms with Crippen LogP contribution in [0, 0.1) is 13.7 Å². The van der Waals surface area contributed by atoms with E-state index >= 15 is 0 Å². The number of hydrogen-bond donors (Lipinski definition) is 2. The number of rotatable bonds is 12. The van der Waals surface area contributed by atoms with Crippen LogP contribution in [0.5, 0.6) is 0 Å².